The Hall–Kier alpha value is 0.270. The normalized spacial score (nSPS) is 30.4. The van der Waals surface area contributed by atoms with Gasteiger partial charge in [-0.05, 0) is 31.9 Å². The van der Waals surface area contributed by atoms with E-state index in [2.05, 4.69) is 25.4 Å². The van der Waals surface area contributed by atoms with Crippen molar-refractivity contribution in [3.8, 4) is 0 Å². The maximum absolute atomic E-state index is 9.23. The van der Waals surface area contributed by atoms with E-state index in [1.807, 2.05) is 0 Å². The predicted molar refractivity (Wildman–Crippen MR) is 68.4 cm³/mol. The van der Waals surface area contributed by atoms with Crippen LogP contribution in [0.2, 0.25) is 0 Å². The van der Waals surface area contributed by atoms with Crippen molar-refractivity contribution in [2.75, 3.05) is 12.9 Å². The number of hydrogen-bond acceptors (Lipinski definition) is 3. The van der Waals surface area contributed by atoms with Crippen LogP contribution in [0, 0.1) is 5.92 Å². The van der Waals surface area contributed by atoms with Crippen LogP contribution < -0.4 is 5.32 Å². The summed E-state index contributed by atoms with van der Waals surface area (Å²) in [5.41, 5.74) is 0. The molecule has 1 aliphatic rings. The molecule has 90 valence electrons. The van der Waals surface area contributed by atoms with E-state index in [0.717, 1.165) is 5.92 Å². The highest BCUT2D eigenvalue weighted by Crippen LogP contribution is 2.29. The lowest BCUT2D eigenvalue weighted by Crippen LogP contribution is -2.45. The lowest BCUT2D eigenvalue weighted by atomic mass is 9.99. The van der Waals surface area contributed by atoms with Gasteiger partial charge in [-0.25, -0.2) is 0 Å². The van der Waals surface area contributed by atoms with Crippen molar-refractivity contribution < 1.29 is 5.11 Å². The summed E-state index contributed by atoms with van der Waals surface area (Å²) in [5.74, 6) is 0.855. The van der Waals surface area contributed by atoms with Crippen LogP contribution in [0.3, 0.4) is 0 Å². The summed E-state index contributed by atoms with van der Waals surface area (Å²) < 4.78 is 0. The molecule has 1 saturated carbocycles. The zero-order valence-electron chi connectivity index (χ0n) is 10.2. The molecule has 2 nitrogen and oxygen atoms in total. The topological polar surface area (TPSA) is 32.3 Å². The molecule has 0 radical (unpaired) electrons. The third-order valence-electron chi connectivity index (χ3n) is 3.70. The number of aliphatic hydroxyl groups excluding tert-OH is 1. The first-order valence-corrected chi connectivity index (χ1v) is 7.41. The fourth-order valence-corrected chi connectivity index (χ4v) is 3.26. The molecular weight excluding hydrogens is 206 g/mol. The maximum atomic E-state index is 9.23. The van der Waals surface area contributed by atoms with Crippen LogP contribution in [0.5, 0.6) is 0 Å². The Morgan fingerprint density at radius 3 is 2.73 bits per heavy atom. The molecule has 1 fully saturated rings. The minimum absolute atomic E-state index is 0.277. The van der Waals surface area contributed by atoms with Crippen LogP contribution in [0.1, 0.15) is 39.5 Å². The highest BCUT2D eigenvalue weighted by Gasteiger charge is 2.28. The van der Waals surface area contributed by atoms with Gasteiger partial charge in [-0.3, -0.25) is 0 Å². The van der Waals surface area contributed by atoms with Gasteiger partial charge < -0.3 is 10.4 Å². The van der Waals surface area contributed by atoms with E-state index in [1.54, 1.807) is 11.8 Å². The summed E-state index contributed by atoms with van der Waals surface area (Å²) in [7, 11) is 0. The minimum atomic E-state index is 0.277. The van der Waals surface area contributed by atoms with Crippen LogP contribution in [-0.4, -0.2) is 35.3 Å². The second kappa shape index (κ2) is 6.77. The Balaban J connectivity index is 2.39. The number of nitrogens with one attached hydrogen (secondary N) is 1. The molecule has 0 saturated heterocycles. The van der Waals surface area contributed by atoms with Crippen molar-refractivity contribution >= 4 is 11.8 Å². The molecule has 2 N–H and O–H groups in total. The molecular formula is C12H25NOS. The fourth-order valence-electron chi connectivity index (χ4n) is 2.63. The average Bonchev–Trinajstić information content (AvgIpc) is 2.67. The van der Waals surface area contributed by atoms with Crippen LogP contribution in [-0.2, 0) is 0 Å². The van der Waals surface area contributed by atoms with Crippen molar-refractivity contribution in [1.82, 2.24) is 5.32 Å². The molecule has 0 aromatic carbocycles. The molecule has 1 aliphatic carbocycles. The minimum Gasteiger partial charge on any atom is -0.395 e. The van der Waals surface area contributed by atoms with E-state index in [-0.39, 0.29) is 6.61 Å². The Morgan fingerprint density at radius 2 is 2.20 bits per heavy atom. The van der Waals surface area contributed by atoms with E-state index in [9.17, 15) is 5.11 Å². The highest BCUT2D eigenvalue weighted by molar-refractivity contribution is 7.99. The molecule has 0 amide bonds. The monoisotopic (exact) mass is 231 g/mol. The van der Waals surface area contributed by atoms with E-state index >= 15 is 0 Å². The van der Waals surface area contributed by atoms with Crippen molar-refractivity contribution in [2.45, 2.75) is 56.9 Å². The zero-order chi connectivity index (χ0) is 11.3. The zero-order valence-corrected chi connectivity index (χ0v) is 11.0. The van der Waals surface area contributed by atoms with Crippen molar-refractivity contribution in [3.63, 3.8) is 0 Å². The van der Waals surface area contributed by atoms with E-state index in [0.29, 0.717) is 17.3 Å². The van der Waals surface area contributed by atoms with Gasteiger partial charge in [0.15, 0.2) is 0 Å². The van der Waals surface area contributed by atoms with Crippen molar-refractivity contribution in [2.24, 2.45) is 5.92 Å². The second-order valence-corrected chi connectivity index (χ2v) is 5.69. The Kier molecular flexibility index (Phi) is 6.02. The summed E-state index contributed by atoms with van der Waals surface area (Å²) in [5, 5.41) is 13.3. The van der Waals surface area contributed by atoms with Crippen molar-refractivity contribution in [3.05, 3.63) is 0 Å². The molecule has 4 atom stereocenters. The summed E-state index contributed by atoms with van der Waals surface area (Å²) >= 11 is 1.76. The molecule has 0 aliphatic heterocycles. The summed E-state index contributed by atoms with van der Waals surface area (Å²) in [4.78, 5) is 0. The van der Waals surface area contributed by atoms with Crippen LogP contribution >= 0.6 is 11.8 Å². The number of aliphatic hydroxyl groups is 1. The summed E-state index contributed by atoms with van der Waals surface area (Å²) in [6.07, 6.45) is 7.42. The molecule has 15 heavy (non-hydrogen) atoms. The van der Waals surface area contributed by atoms with Gasteiger partial charge in [-0.1, -0.05) is 19.8 Å². The van der Waals surface area contributed by atoms with E-state index < -0.39 is 0 Å². The first-order chi connectivity index (χ1) is 7.22. The SMILES string of the molecule is CCC1CCCC1NC(C)C(CO)SC. The largest absolute Gasteiger partial charge is 0.395 e. The quantitative estimate of drug-likeness (QED) is 0.735. The molecule has 0 bridgehead atoms. The van der Waals surface area contributed by atoms with Gasteiger partial charge in [-0.15, -0.1) is 0 Å². The standard InChI is InChI=1S/C12H25NOS/c1-4-10-6-5-7-11(10)13-9(2)12(8-14)15-3/h9-14H,4-8H2,1-3H3. The lowest BCUT2D eigenvalue weighted by molar-refractivity contribution is 0.262. The van der Waals surface area contributed by atoms with Crippen LogP contribution in [0.15, 0.2) is 0 Å². The van der Waals surface area contributed by atoms with Gasteiger partial charge in [0, 0.05) is 17.3 Å². The van der Waals surface area contributed by atoms with Gasteiger partial charge in [0.1, 0.15) is 0 Å². The Bertz CT molecular complexity index is 173. The maximum Gasteiger partial charge on any atom is 0.0564 e. The Morgan fingerprint density at radius 1 is 1.47 bits per heavy atom. The van der Waals surface area contributed by atoms with Gasteiger partial charge >= 0.3 is 0 Å². The third-order valence-corrected chi connectivity index (χ3v) is 4.86. The van der Waals surface area contributed by atoms with E-state index in [1.165, 1.54) is 25.7 Å². The smallest absolute Gasteiger partial charge is 0.0564 e. The van der Waals surface area contributed by atoms with Crippen LogP contribution in [0.4, 0.5) is 0 Å². The lowest BCUT2D eigenvalue weighted by Gasteiger charge is -2.28. The number of rotatable bonds is 6. The Labute approximate surface area is 98.2 Å². The molecule has 0 heterocycles. The average molecular weight is 231 g/mol. The highest BCUT2D eigenvalue weighted by atomic mass is 32.2. The molecule has 4 unspecified atom stereocenters. The first kappa shape index (κ1) is 13.3. The van der Waals surface area contributed by atoms with Crippen molar-refractivity contribution in [1.29, 1.82) is 0 Å². The summed E-state index contributed by atoms with van der Waals surface area (Å²) in [6, 6.07) is 1.10. The fraction of sp³-hybridized carbons (Fsp3) is 1.00. The number of hydrogen-bond donors (Lipinski definition) is 2. The third kappa shape index (κ3) is 3.65. The molecule has 0 aromatic heterocycles. The first-order valence-electron chi connectivity index (χ1n) is 6.12. The molecule has 0 aromatic rings. The molecule has 3 heteroatoms. The van der Waals surface area contributed by atoms with Crippen LogP contribution in [0.25, 0.3) is 0 Å². The predicted octanol–water partition coefficient (Wildman–Crippen LogP) is 2.27. The molecule has 1 rings (SSSR count). The molecule has 0 spiro atoms. The van der Waals surface area contributed by atoms with Gasteiger partial charge in [0.25, 0.3) is 0 Å². The van der Waals surface area contributed by atoms with E-state index in [4.69, 9.17) is 0 Å². The van der Waals surface area contributed by atoms with Gasteiger partial charge in [0.2, 0.25) is 0 Å². The summed E-state index contributed by atoms with van der Waals surface area (Å²) in [6.45, 7) is 4.76. The van der Waals surface area contributed by atoms with Gasteiger partial charge in [0.05, 0.1) is 6.61 Å². The number of thioether (sulfide) groups is 1. The second-order valence-electron chi connectivity index (χ2n) is 4.62. The van der Waals surface area contributed by atoms with Gasteiger partial charge in [-0.2, -0.15) is 11.8 Å².